The van der Waals surface area contributed by atoms with E-state index in [9.17, 15) is 0 Å². The van der Waals surface area contributed by atoms with Crippen LogP contribution in [0.15, 0.2) is 24.5 Å². The van der Waals surface area contributed by atoms with Gasteiger partial charge < -0.3 is 15.5 Å². The summed E-state index contributed by atoms with van der Waals surface area (Å²) in [5.41, 5.74) is 1.34. The highest BCUT2D eigenvalue weighted by molar-refractivity contribution is 5.14. The van der Waals surface area contributed by atoms with Crippen molar-refractivity contribution in [2.75, 3.05) is 39.8 Å². The van der Waals surface area contributed by atoms with Crippen molar-refractivity contribution >= 4 is 0 Å². The molecule has 0 radical (unpaired) electrons. The molecule has 4 heteroatoms. The fourth-order valence-corrected chi connectivity index (χ4v) is 2.53. The van der Waals surface area contributed by atoms with Crippen molar-refractivity contribution in [3.05, 3.63) is 30.1 Å². The highest BCUT2D eigenvalue weighted by Gasteiger charge is 2.12. The second-order valence-corrected chi connectivity index (χ2v) is 4.86. The monoisotopic (exact) mass is 248 g/mol. The van der Waals surface area contributed by atoms with Gasteiger partial charge in [0.1, 0.15) is 0 Å². The molecule has 2 heterocycles. The minimum absolute atomic E-state index is 0.455. The van der Waals surface area contributed by atoms with Crippen LogP contribution in [0.4, 0.5) is 0 Å². The Labute approximate surface area is 110 Å². The molecule has 0 bridgehead atoms. The smallest absolute Gasteiger partial charge is 0.0319 e. The molecule has 0 saturated carbocycles. The van der Waals surface area contributed by atoms with E-state index in [1.54, 1.807) is 0 Å². The van der Waals surface area contributed by atoms with Gasteiger partial charge in [0, 0.05) is 44.6 Å². The largest absolute Gasteiger partial charge is 0.314 e. The maximum Gasteiger partial charge on any atom is 0.0319 e. The normalized spacial score (nSPS) is 18.7. The molecule has 18 heavy (non-hydrogen) atoms. The highest BCUT2D eigenvalue weighted by Crippen LogP contribution is 2.17. The Bertz CT molecular complexity index is 322. The Morgan fingerprint density at radius 3 is 2.72 bits per heavy atom. The molecule has 1 fully saturated rings. The molecule has 1 aliphatic rings. The zero-order valence-corrected chi connectivity index (χ0v) is 11.2. The van der Waals surface area contributed by atoms with Gasteiger partial charge in [0.05, 0.1) is 0 Å². The number of aromatic nitrogens is 1. The van der Waals surface area contributed by atoms with Crippen LogP contribution in [-0.4, -0.2) is 49.7 Å². The summed E-state index contributed by atoms with van der Waals surface area (Å²) in [7, 11) is 2.04. The lowest BCUT2D eigenvalue weighted by Crippen LogP contribution is -2.43. The molecule has 0 spiro atoms. The highest BCUT2D eigenvalue weighted by atomic mass is 15.2. The minimum atomic E-state index is 0.455. The van der Waals surface area contributed by atoms with Crippen LogP contribution in [0.2, 0.25) is 0 Å². The topological polar surface area (TPSA) is 40.2 Å². The van der Waals surface area contributed by atoms with Crippen LogP contribution in [-0.2, 0) is 0 Å². The van der Waals surface area contributed by atoms with Crippen molar-refractivity contribution in [2.45, 2.75) is 18.9 Å². The maximum absolute atomic E-state index is 4.07. The van der Waals surface area contributed by atoms with E-state index in [1.807, 2.05) is 19.4 Å². The van der Waals surface area contributed by atoms with Crippen LogP contribution in [0.1, 0.15) is 24.4 Å². The second-order valence-electron chi connectivity index (χ2n) is 4.86. The fraction of sp³-hybridized carbons (Fsp3) is 0.643. The van der Waals surface area contributed by atoms with Gasteiger partial charge in [0.15, 0.2) is 0 Å². The first-order valence-corrected chi connectivity index (χ1v) is 6.90. The van der Waals surface area contributed by atoms with Crippen LogP contribution in [0.25, 0.3) is 0 Å². The average Bonchev–Trinajstić information content (AvgIpc) is 2.46. The zero-order valence-electron chi connectivity index (χ0n) is 11.2. The van der Waals surface area contributed by atoms with Gasteiger partial charge in [0.25, 0.3) is 0 Å². The van der Waals surface area contributed by atoms with E-state index < -0.39 is 0 Å². The SMILES string of the molecule is CNC(CCCN1CCNCC1)c1ccncc1. The van der Waals surface area contributed by atoms with Crippen molar-refractivity contribution in [2.24, 2.45) is 0 Å². The molecule has 1 aromatic rings. The molecule has 1 atom stereocenters. The minimum Gasteiger partial charge on any atom is -0.314 e. The fourth-order valence-electron chi connectivity index (χ4n) is 2.53. The summed E-state index contributed by atoms with van der Waals surface area (Å²) in [5.74, 6) is 0. The zero-order chi connectivity index (χ0) is 12.6. The third kappa shape index (κ3) is 4.05. The van der Waals surface area contributed by atoms with Gasteiger partial charge in [-0.05, 0) is 44.1 Å². The lowest BCUT2D eigenvalue weighted by Gasteiger charge is -2.27. The lowest BCUT2D eigenvalue weighted by atomic mass is 10.0. The first-order valence-electron chi connectivity index (χ1n) is 6.90. The van der Waals surface area contributed by atoms with Crippen LogP contribution in [0.3, 0.4) is 0 Å². The lowest BCUT2D eigenvalue weighted by molar-refractivity contribution is 0.233. The van der Waals surface area contributed by atoms with Crippen LogP contribution >= 0.6 is 0 Å². The Hall–Kier alpha value is -0.970. The summed E-state index contributed by atoms with van der Waals surface area (Å²) < 4.78 is 0. The van der Waals surface area contributed by atoms with Gasteiger partial charge in [-0.2, -0.15) is 0 Å². The van der Waals surface area contributed by atoms with E-state index in [0.717, 1.165) is 13.1 Å². The van der Waals surface area contributed by atoms with Gasteiger partial charge in [-0.15, -0.1) is 0 Å². The summed E-state index contributed by atoms with van der Waals surface area (Å²) in [4.78, 5) is 6.62. The standard InChI is InChI=1S/C14H24N4/c1-15-14(13-4-6-16-7-5-13)3-2-10-18-11-8-17-9-12-18/h4-7,14-15,17H,2-3,8-12H2,1H3. The molecular weight excluding hydrogens is 224 g/mol. The van der Waals surface area contributed by atoms with Crippen molar-refractivity contribution in [3.63, 3.8) is 0 Å². The van der Waals surface area contributed by atoms with E-state index >= 15 is 0 Å². The third-order valence-electron chi connectivity index (χ3n) is 3.63. The molecule has 1 aliphatic heterocycles. The molecule has 1 aromatic heterocycles. The Balaban J connectivity index is 1.73. The summed E-state index contributed by atoms with van der Waals surface area (Å²) >= 11 is 0. The molecule has 4 nitrogen and oxygen atoms in total. The van der Waals surface area contributed by atoms with Crippen molar-refractivity contribution in [1.29, 1.82) is 0 Å². The number of nitrogens with one attached hydrogen (secondary N) is 2. The summed E-state index contributed by atoms with van der Waals surface area (Å²) in [6.45, 7) is 5.88. The van der Waals surface area contributed by atoms with Crippen LogP contribution in [0, 0.1) is 0 Å². The Kier molecular flexibility index (Phi) is 5.58. The average molecular weight is 248 g/mol. The first kappa shape index (κ1) is 13.5. The Morgan fingerprint density at radius 2 is 2.06 bits per heavy atom. The van der Waals surface area contributed by atoms with Gasteiger partial charge >= 0.3 is 0 Å². The van der Waals surface area contributed by atoms with Crippen LogP contribution in [0.5, 0.6) is 0 Å². The number of hydrogen-bond acceptors (Lipinski definition) is 4. The molecule has 0 aliphatic carbocycles. The van der Waals surface area contributed by atoms with E-state index in [2.05, 4.69) is 32.7 Å². The van der Waals surface area contributed by atoms with Gasteiger partial charge in [-0.1, -0.05) is 0 Å². The first-order chi connectivity index (χ1) is 8.90. The summed E-state index contributed by atoms with van der Waals surface area (Å²) in [6, 6.07) is 4.66. The summed E-state index contributed by atoms with van der Waals surface area (Å²) in [5, 5.41) is 6.79. The van der Waals surface area contributed by atoms with E-state index in [1.165, 1.54) is 38.0 Å². The molecule has 0 amide bonds. The molecule has 2 rings (SSSR count). The molecule has 1 unspecified atom stereocenters. The number of rotatable bonds is 6. The van der Waals surface area contributed by atoms with Gasteiger partial charge in [-0.25, -0.2) is 0 Å². The summed E-state index contributed by atoms with van der Waals surface area (Å²) in [6.07, 6.45) is 6.17. The quantitative estimate of drug-likeness (QED) is 0.789. The number of hydrogen-bond donors (Lipinski definition) is 2. The molecule has 100 valence electrons. The van der Waals surface area contributed by atoms with Gasteiger partial charge in [-0.3, -0.25) is 4.98 Å². The molecule has 2 N–H and O–H groups in total. The van der Waals surface area contributed by atoms with E-state index in [0.29, 0.717) is 6.04 Å². The molecular formula is C14H24N4. The van der Waals surface area contributed by atoms with Crippen LogP contribution < -0.4 is 10.6 Å². The maximum atomic E-state index is 4.07. The van der Waals surface area contributed by atoms with Crippen molar-refractivity contribution in [3.8, 4) is 0 Å². The van der Waals surface area contributed by atoms with E-state index in [-0.39, 0.29) is 0 Å². The Morgan fingerprint density at radius 1 is 1.33 bits per heavy atom. The molecule has 0 aromatic carbocycles. The number of piperazine rings is 1. The molecule has 1 saturated heterocycles. The van der Waals surface area contributed by atoms with Gasteiger partial charge in [0.2, 0.25) is 0 Å². The van der Waals surface area contributed by atoms with Crippen molar-refractivity contribution < 1.29 is 0 Å². The van der Waals surface area contributed by atoms with E-state index in [4.69, 9.17) is 0 Å². The second kappa shape index (κ2) is 7.46. The third-order valence-corrected chi connectivity index (χ3v) is 3.63. The van der Waals surface area contributed by atoms with Crippen molar-refractivity contribution in [1.82, 2.24) is 20.5 Å². The predicted octanol–water partition coefficient (Wildman–Crippen LogP) is 1.03. The predicted molar refractivity (Wildman–Crippen MR) is 74.6 cm³/mol. The number of nitrogens with zero attached hydrogens (tertiary/aromatic N) is 2. The number of pyridine rings is 1.